The fraction of sp³-hybridized carbons (Fsp3) is 0.500. The van der Waals surface area contributed by atoms with Crippen LogP contribution in [0.2, 0.25) is 0 Å². The number of fused-ring (bicyclic) bond motifs is 2. The number of nitrogens with one attached hydrogen (secondary N) is 2. The van der Waals surface area contributed by atoms with Crippen molar-refractivity contribution >= 4 is 11.8 Å². The molecule has 0 fully saturated rings. The standard InChI is InChI=1S/C28H36N2O4/c31-27(29-19-25-23-11-7-5-9-21(23)15-17-33-25)13-3-1-2-4-14-28(32)30-20-26-24-12-8-6-10-22(24)16-18-34-26/h5-12,25-26H,1-4,13-20H2,(H,29,31)(H,30,32)/t25-,26+. The maximum atomic E-state index is 12.2. The molecule has 0 radical (unpaired) electrons. The fourth-order valence-electron chi connectivity index (χ4n) is 4.81. The highest BCUT2D eigenvalue weighted by Crippen LogP contribution is 2.27. The third-order valence-electron chi connectivity index (χ3n) is 6.71. The molecule has 2 aromatic rings. The zero-order valence-electron chi connectivity index (χ0n) is 19.9. The molecule has 0 aliphatic carbocycles. The number of ether oxygens (including phenoxy) is 2. The SMILES string of the molecule is O=C(CCCCCCC(=O)NC[C@H]1OCCc2ccccc21)NC[C@@H]1OCCc2ccccc21. The van der Waals surface area contributed by atoms with E-state index in [9.17, 15) is 9.59 Å². The van der Waals surface area contributed by atoms with E-state index in [1.54, 1.807) is 0 Å². The lowest BCUT2D eigenvalue weighted by Gasteiger charge is -2.26. The summed E-state index contributed by atoms with van der Waals surface area (Å²) in [7, 11) is 0. The van der Waals surface area contributed by atoms with E-state index in [0.717, 1.165) is 38.5 Å². The number of hydrogen-bond donors (Lipinski definition) is 2. The van der Waals surface area contributed by atoms with Crippen molar-refractivity contribution in [1.29, 1.82) is 0 Å². The number of unbranched alkanes of at least 4 members (excludes halogenated alkanes) is 3. The van der Waals surface area contributed by atoms with Crippen molar-refractivity contribution in [2.45, 2.75) is 63.6 Å². The van der Waals surface area contributed by atoms with Crippen LogP contribution in [0.4, 0.5) is 0 Å². The number of amides is 2. The van der Waals surface area contributed by atoms with Crippen LogP contribution in [0.15, 0.2) is 48.5 Å². The van der Waals surface area contributed by atoms with Gasteiger partial charge in [-0.1, -0.05) is 61.4 Å². The average molecular weight is 465 g/mol. The van der Waals surface area contributed by atoms with E-state index in [0.29, 0.717) is 39.1 Å². The molecule has 2 atom stereocenters. The zero-order valence-corrected chi connectivity index (χ0v) is 19.9. The quantitative estimate of drug-likeness (QED) is 0.489. The minimum Gasteiger partial charge on any atom is -0.371 e. The van der Waals surface area contributed by atoms with E-state index in [4.69, 9.17) is 9.47 Å². The average Bonchev–Trinajstić information content (AvgIpc) is 2.88. The van der Waals surface area contributed by atoms with Gasteiger partial charge in [0.25, 0.3) is 0 Å². The van der Waals surface area contributed by atoms with Crippen LogP contribution in [0.25, 0.3) is 0 Å². The molecular weight excluding hydrogens is 428 g/mol. The normalized spacial score (nSPS) is 19.1. The zero-order chi connectivity index (χ0) is 23.6. The molecular formula is C28H36N2O4. The van der Waals surface area contributed by atoms with Crippen LogP contribution in [0.5, 0.6) is 0 Å². The van der Waals surface area contributed by atoms with Gasteiger partial charge >= 0.3 is 0 Å². The van der Waals surface area contributed by atoms with Gasteiger partial charge in [-0.3, -0.25) is 9.59 Å². The molecule has 6 nitrogen and oxygen atoms in total. The predicted octanol–water partition coefficient (Wildman–Crippen LogP) is 4.19. The minimum atomic E-state index is -0.0556. The van der Waals surface area contributed by atoms with Crippen LogP contribution >= 0.6 is 0 Å². The molecule has 2 aliphatic heterocycles. The van der Waals surface area contributed by atoms with Gasteiger partial charge in [0, 0.05) is 25.9 Å². The molecule has 0 spiro atoms. The number of hydrogen-bond acceptors (Lipinski definition) is 4. The highest BCUT2D eigenvalue weighted by molar-refractivity contribution is 5.76. The van der Waals surface area contributed by atoms with Gasteiger partial charge in [-0.15, -0.1) is 0 Å². The monoisotopic (exact) mass is 464 g/mol. The summed E-state index contributed by atoms with van der Waals surface area (Å²) >= 11 is 0. The molecule has 2 amide bonds. The van der Waals surface area contributed by atoms with Crippen LogP contribution in [0, 0.1) is 0 Å². The van der Waals surface area contributed by atoms with Crippen molar-refractivity contribution in [3.05, 3.63) is 70.8 Å². The lowest BCUT2D eigenvalue weighted by atomic mass is 9.97. The summed E-state index contributed by atoms with van der Waals surface area (Å²) in [6, 6.07) is 16.6. The second-order valence-electron chi connectivity index (χ2n) is 9.14. The van der Waals surface area contributed by atoms with Gasteiger partial charge in [0.15, 0.2) is 0 Å². The molecule has 182 valence electrons. The van der Waals surface area contributed by atoms with Crippen molar-refractivity contribution in [3.8, 4) is 0 Å². The van der Waals surface area contributed by atoms with Crippen molar-refractivity contribution in [2.24, 2.45) is 0 Å². The van der Waals surface area contributed by atoms with Crippen LogP contribution in [-0.2, 0) is 31.9 Å². The highest BCUT2D eigenvalue weighted by atomic mass is 16.5. The second kappa shape index (κ2) is 12.7. The van der Waals surface area contributed by atoms with Crippen molar-refractivity contribution in [1.82, 2.24) is 10.6 Å². The Balaban J connectivity index is 1.04. The Morgan fingerprint density at radius 1 is 0.676 bits per heavy atom. The number of rotatable bonds is 11. The molecule has 4 rings (SSSR count). The number of benzene rings is 2. The minimum absolute atomic E-state index is 0.0556. The summed E-state index contributed by atoms with van der Waals surface area (Å²) in [6.07, 6.45) is 6.34. The Hall–Kier alpha value is -2.70. The number of carbonyl (C=O) groups is 2. The molecule has 0 unspecified atom stereocenters. The van der Waals surface area contributed by atoms with Crippen LogP contribution in [0.3, 0.4) is 0 Å². The van der Waals surface area contributed by atoms with Gasteiger partial charge in [-0.25, -0.2) is 0 Å². The fourth-order valence-corrected chi connectivity index (χ4v) is 4.81. The lowest BCUT2D eigenvalue weighted by molar-refractivity contribution is -0.123. The van der Waals surface area contributed by atoms with Gasteiger partial charge < -0.3 is 20.1 Å². The smallest absolute Gasteiger partial charge is 0.220 e. The topological polar surface area (TPSA) is 76.7 Å². The van der Waals surface area contributed by atoms with Crippen molar-refractivity contribution < 1.29 is 19.1 Å². The summed E-state index contributed by atoms with van der Waals surface area (Å²) in [5.74, 6) is 0.134. The Morgan fingerprint density at radius 2 is 1.12 bits per heavy atom. The Labute approximate surface area is 202 Å². The molecule has 0 bridgehead atoms. The van der Waals surface area contributed by atoms with Crippen molar-refractivity contribution in [3.63, 3.8) is 0 Å². The highest BCUT2D eigenvalue weighted by Gasteiger charge is 2.21. The first-order chi connectivity index (χ1) is 16.7. The third-order valence-corrected chi connectivity index (χ3v) is 6.71. The summed E-state index contributed by atoms with van der Waals surface area (Å²) < 4.78 is 11.7. The van der Waals surface area contributed by atoms with Gasteiger partial charge in [-0.2, -0.15) is 0 Å². The van der Waals surface area contributed by atoms with E-state index in [2.05, 4.69) is 34.9 Å². The van der Waals surface area contributed by atoms with E-state index in [1.165, 1.54) is 22.3 Å². The van der Waals surface area contributed by atoms with Crippen molar-refractivity contribution in [2.75, 3.05) is 26.3 Å². The Morgan fingerprint density at radius 3 is 1.59 bits per heavy atom. The van der Waals surface area contributed by atoms with Gasteiger partial charge in [0.2, 0.25) is 11.8 Å². The summed E-state index contributed by atoms with van der Waals surface area (Å²) in [5.41, 5.74) is 5.00. The van der Waals surface area contributed by atoms with Crippen LogP contribution in [0.1, 0.15) is 73.0 Å². The van der Waals surface area contributed by atoms with Crippen LogP contribution in [-0.4, -0.2) is 38.1 Å². The third kappa shape index (κ3) is 6.90. The molecule has 2 aromatic carbocycles. The summed E-state index contributed by atoms with van der Waals surface area (Å²) in [6.45, 7) is 2.44. The molecule has 0 saturated carbocycles. The Bertz CT molecular complexity index is 883. The Kier molecular flexibility index (Phi) is 9.11. The first kappa shape index (κ1) is 24.4. The van der Waals surface area contributed by atoms with Gasteiger partial charge in [0.1, 0.15) is 12.2 Å². The maximum absolute atomic E-state index is 12.2. The summed E-state index contributed by atoms with van der Waals surface area (Å²) in [4.78, 5) is 24.4. The first-order valence-corrected chi connectivity index (χ1v) is 12.6. The molecule has 0 aromatic heterocycles. The van der Waals surface area contributed by atoms with E-state index in [1.807, 2.05) is 24.3 Å². The molecule has 6 heteroatoms. The predicted molar refractivity (Wildman–Crippen MR) is 131 cm³/mol. The second-order valence-corrected chi connectivity index (χ2v) is 9.14. The molecule has 2 aliphatic rings. The molecule has 34 heavy (non-hydrogen) atoms. The van der Waals surface area contributed by atoms with E-state index < -0.39 is 0 Å². The maximum Gasteiger partial charge on any atom is 0.220 e. The largest absolute Gasteiger partial charge is 0.371 e. The molecule has 0 saturated heterocycles. The molecule has 2 N–H and O–H groups in total. The first-order valence-electron chi connectivity index (χ1n) is 12.6. The van der Waals surface area contributed by atoms with Gasteiger partial charge in [0.05, 0.1) is 13.2 Å². The molecule has 2 heterocycles. The number of carbonyl (C=O) groups excluding carboxylic acids is 2. The van der Waals surface area contributed by atoms with E-state index in [-0.39, 0.29) is 24.0 Å². The van der Waals surface area contributed by atoms with Gasteiger partial charge in [-0.05, 0) is 47.9 Å². The van der Waals surface area contributed by atoms with E-state index >= 15 is 0 Å². The van der Waals surface area contributed by atoms with Crippen LogP contribution < -0.4 is 10.6 Å². The lowest BCUT2D eigenvalue weighted by Crippen LogP contribution is -2.31. The summed E-state index contributed by atoms with van der Waals surface area (Å²) in [5, 5.41) is 6.03.